The van der Waals surface area contributed by atoms with Crippen LogP contribution in [-0.2, 0) is 11.3 Å². The highest BCUT2D eigenvalue weighted by atomic mass is 16.5. The van der Waals surface area contributed by atoms with Gasteiger partial charge in [0.2, 0.25) is 5.95 Å². The summed E-state index contributed by atoms with van der Waals surface area (Å²) in [5, 5.41) is 0. The largest absolute Gasteiger partial charge is 0.378 e. The normalized spacial score (nSPS) is 18.1. The Kier molecular flexibility index (Phi) is 5.23. The van der Waals surface area contributed by atoms with Crippen molar-refractivity contribution in [1.29, 1.82) is 0 Å². The van der Waals surface area contributed by atoms with Crippen LogP contribution < -0.4 is 9.80 Å². The van der Waals surface area contributed by atoms with E-state index in [1.54, 1.807) is 7.11 Å². The molecule has 0 N–H and O–H groups in total. The number of fused-ring (bicyclic) bond motifs is 1. The second-order valence-electron chi connectivity index (χ2n) is 8.23. The van der Waals surface area contributed by atoms with Crippen LogP contribution >= 0.6 is 0 Å². The third-order valence-electron chi connectivity index (χ3n) is 6.09. The SMILES string of the molecule is COC1CN(c2nc(N3CCN(Cc4ccc(C)cc4)CC3)c3ncccc3n2)C1. The van der Waals surface area contributed by atoms with Crippen LogP contribution in [0.15, 0.2) is 42.6 Å². The van der Waals surface area contributed by atoms with Gasteiger partial charge in [-0.05, 0) is 24.6 Å². The molecule has 5 rings (SSSR count). The number of pyridine rings is 1. The van der Waals surface area contributed by atoms with Gasteiger partial charge in [-0.2, -0.15) is 4.98 Å². The molecule has 2 aliphatic heterocycles. The molecule has 0 saturated carbocycles. The van der Waals surface area contributed by atoms with E-state index in [4.69, 9.17) is 14.7 Å². The van der Waals surface area contributed by atoms with E-state index in [-0.39, 0.29) is 6.10 Å². The number of hydrogen-bond acceptors (Lipinski definition) is 7. The van der Waals surface area contributed by atoms with E-state index in [2.05, 4.69) is 50.9 Å². The summed E-state index contributed by atoms with van der Waals surface area (Å²) < 4.78 is 5.41. The summed E-state index contributed by atoms with van der Waals surface area (Å²) in [4.78, 5) is 21.4. The maximum atomic E-state index is 5.41. The molecule has 0 aliphatic carbocycles. The van der Waals surface area contributed by atoms with E-state index >= 15 is 0 Å². The maximum Gasteiger partial charge on any atom is 0.228 e. The molecule has 2 aromatic heterocycles. The highest BCUT2D eigenvalue weighted by Gasteiger charge is 2.30. The minimum Gasteiger partial charge on any atom is -0.378 e. The fraction of sp³-hybridized carbons (Fsp3) is 0.435. The molecule has 0 radical (unpaired) electrons. The van der Waals surface area contributed by atoms with Crippen molar-refractivity contribution >= 4 is 22.8 Å². The van der Waals surface area contributed by atoms with Crippen molar-refractivity contribution in [2.45, 2.75) is 19.6 Å². The van der Waals surface area contributed by atoms with Gasteiger partial charge in [-0.3, -0.25) is 9.88 Å². The zero-order valence-electron chi connectivity index (χ0n) is 17.7. The van der Waals surface area contributed by atoms with E-state index in [1.165, 1.54) is 11.1 Å². The molecule has 0 bridgehead atoms. The standard InChI is InChI=1S/C23H28N6O/c1-17-5-7-18(8-6-17)14-27-10-12-28(13-11-27)22-21-20(4-3-9-24-21)25-23(26-22)29-15-19(16-29)30-2/h3-9,19H,10-16H2,1-2H3. The van der Waals surface area contributed by atoms with Crippen molar-refractivity contribution in [2.24, 2.45) is 0 Å². The van der Waals surface area contributed by atoms with Crippen molar-refractivity contribution in [1.82, 2.24) is 19.9 Å². The first-order chi connectivity index (χ1) is 14.7. The smallest absolute Gasteiger partial charge is 0.228 e. The molecule has 0 amide bonds. The predicted molar refractivity (Wildman–Crippen MR) is 119 cm³/mol. The molecular formula is C23H28N6O. The van der Waals surface area contributed by atoms with E-state index in [1.807, 2.05) is 18.3 Å². The van der Waals surface area contributed by atoms with Crippen LogP contribution in [0.1, 0.15) is 11.1 Å². The number of piperazine rings is 1. The summed E-state index contributed by atoms with van der Waals surface area (Å²) >= 11 is 0. The Bertz CT molecular complexity index is 1010. The van der Waals surface area contributed by atoms with Crippen molar-refractivity contribution in [2.75, 3.05) is 56.2 Å². The van der Waals surface area contributed by atoms with E-state index < -0.39 is 0 Å². The van der Waals surface area contributed by atoms with E-state index in [0.717, 1.165) is 68.6 Å². The predicted octanol–water partition coefficient (Wildman–Crippen LogP) is 2.49. The second-order valence-corrected chi connectivity index (χ2v) is 8.23. The lowest BCUT2D eigenvalue weighted by Crippen LogP contribution is -2.52. The summed E-state index contributed by atoms with van der Waals surface area (Å²) in [5.41, 5.74) is 4.47. The van der Waals surface area contributed by atoms with Gasteiger partial charge in [-0.15, -0.1) is 0 Å². The lowest BCUT2D eigenvalue weighted by Gasteiger charge is -2.39. The average molecular weight is 405 g/mol. The molecule has 3 aromatic rings. The van der Waals surface area contributed by atoms with Crippen LogP contribution in [0.5, 0.6) is 0 Å². The van der Waals surface area contributed by atoms with Crippen LogP contribution in [0.25, 0.3) is 11.0 Å². The summed E-state index contributed by atoms with van der Waals surface area (Å²) in [6.45, 7) is 8.70. The number of nitrogens with zero attached hydrogens (tertiary/aromatic N) is 6. The number of methoxy groups -OCH3 is 1. The molecule has 0 atom stereocenters. The minimum atomic E-state index is 0.270. The minimum absolute atomic E-state index is 0.270. The van der Waals surface area contributed by atoms with Crippen LogP contribution in [0, 0.1) is 6.92 Å². The van der Waals surface area contributed by atoms with Crippen LogP contribution in [-0.4, -0.2) is 72.3 Å². The van der Waals surface area contributed by atoms with Gasteiger partial charge >= 0.3 is 0 Å². The Morgan fingerprint density at radius 2 is 1.73 bits per heavy atom. The third kappa shape index (κ3) is 3.82. The molecule has 2 fully saturated rings. The topological polar surface area (TPSA) is 57.6 Å². The van der Waals surface area contributed by atoms with Gasteiger partial charge in [0.15, 0.2) is 5.82 Å². The Labute approximate surface area is 177 Å². The van der Waals surface area contributed by atoms with Crippen molar-refractivity contribution < 1.29 is 4.74 Å². The van der Waals surface area contributed by atoms with E-state index in [9.17, 15) is 0 Å². The molecule has 2 saturated heterocycles. The van der Waals surface area contributed by atoms with Gasteiger partial charge in [-0.25, -0.2) is 4.98 Å². The fourth-order valence-corrected chi connectivity index (χ4v) is 4.12. The number of aromatic nitrogens is 3. The number of anilines is 2. The van der Waals surface area contributed by atoms with Crippen LogP contribution in [0.4, 0.5) is 11.8 Å². The second kappa shape index (κ2) is 8.16. The first-order valence-corrected chi connectivity index (χ1v) is 10.6. The Hall–Kier alpha value is -2.77. The molecule has 7 nitrogen and oxygen atoms in total. The van der Waals surface area contributed by atoms with Crippen molar-refractivity contribution in [3.05, 3.63) is 53.7 Å². The number of aryl methyl sites for hydroxylation is 1. The summed E-state index contributed by atoms with van der Waals surface area (Å²) in [6.07, 6.45) is 2.10. The van der Waals surface area contributed by atoms with Crippen LogP contribution in [0.3, 0.4) is 0 Å². The highest BCUT2D eigenvalue weighted by Crippen LogP contribution is 2.28. The van der Waals surface area contributed by atoms with Gasteiger partial charge in [-0.1, -0.05) is 29.8 Å². The number of benzene rings is 1. The summed E-state index contributed by atoms with van der Waals surface area (Å²) in [5.74, 6) is 1.73. The first kappa shape index (κ1) is 19.2. The fourth-order valence-electron chi connectivity index (χ4n) is 4.12. The zero-order chi connectivity index (χ0) is 20.5. The molecule has 1 aromatic carbocycles. The van der Waals surface area contributed by atoms with Crippen molar-refractivity contribution in [3.63, 3.8) is 0 Å². The van der Waals surface area contributed by atoms with Gasteiger partial charge in [0, 0.05) is 59.1 Å². The van der Waals surface area contributed by atoms with Crippen LogP contribution in [0.2, 0.25) is 0 Å². The number of rotatable bonds is 5. The molecule has 156 valence electrons. The molecule has 30 heavy (non-hydrogen) atoms. The summed E-state index contributed by atoms with van der Waals surface area (Å²) in [6, 6.07) is 12.8. The molecule has 0 spiro atoms. The summed E-state index contributed by atoms with van der Waals surface area (Å²) in [7, 11) is 1.76. The zero-order valence-corrected chi connectivity index (χ0v) is 17.7. The lowest BCUT2D eigenvalue weighted by molar-refractivity contribution is 0.0778. The quantitative estimate of drug-likeness (QED) is 0.648. The van der Waals surface area contributed by atoms with E-state index in [0.29, 0.717) is 0 Å². The van der Waals surface area contributed by atoms with Gasteiger partial charge < -0.3 is 14.5 Å². The third-order valence-corrected chi connectivity index (χ3v) is 6.09. The Morgan fingerprint density at radius 3 is 2.47 bits per heavy atom. The monoisotopic (exact) mass is 404 g/mol. The molecule has 2 aliphatic rings. The van der Waals surface area contributed by atoms with Gasteiger partial charge in [0.1, 0.15) is 5.52 Å². The van der Waals surface area contributed by atoms with Gasteiger partial charge in [0.05, 0.1) is 11.6 Å². The first-order valence-electron chi connectivity index (χ1n) is 10.6. The molecule has 4 heterocycles. The number of hydrogen-bond donors (Lipinski definition) is 0. The molecule has 7 heteroatoms. The highest BCUT2D eigenvalue weighted by molar-refractivity contribution is 5.86. The maximum absolute atomic E-state index is 5.41. The molecular weight excluding hydrogens is 376 g/mol. The average Bonchev–Trinajstić information content (AvgIpc) is 2.75. The van der Waals surface area contributed by atoms with Crippen molar-refractivity contribution in [3.8, 4) is 0 Å². The lowest BCUT2D eigenvalue weighted by atomic mass is 10.1. The van der Waals surface area contributed by atoms with Gasteiger partial charge in [0.25, 0.3) is 0 Å². The number of ether oxygens (including phenoxy) is 1. The Balaban J connectivity index is 1.32. The Morgan fingerprint density at radius 1 is 0.967 bits per heavy atom. The molecule has 0 unspecified atom stereocenters.